The predicted molar refractivity (Wildman–Crippen MR) is 63.1 cm³/mol. The van der Waals surface area contributed by atoms with Crippen LogP contribution in [-0.2, 0) is 6.54 Å². The zero-order valence-corrected chi connectivity index (χ0v) is 9.64. The van der Waals surface area contributed by atoms with Crippen molar-refractivity contribution in [3.05, 3.63) is 69.6 Å². The SMILES string of the molecule is O=C(O)c1ccc(=O)n(Cc2cc(F)ccc2F)c1. The first kappa shape index (κ1) is 12.9. The van der Waals surface area contributed by atoms with Crippen LogP contribution in [0.3, 0.4) is 0 Å². The zero-order chi connectivity index (χ0) is 14.0. The van der Waals surface area contributed by atoms with Crippen molar-refractivity contribution < 1.29 is 18.7 Å². The first-order valence-corrected chi connectivity index (χ1v) is 5.35. The number of hydrogen-bond donors (Lipinski definition) is 1. The second-order valence-electron chi connectivity index (χ2n) is 3.92. The normalized spacial score (nSPS) is 10.4. The van der Waals surface area contributed by atoms with Gasteiger partial charge in [-0.1, -0.05) is 0 Å². The molecule has 1 aromatic heterocycles. The largest absolute Gasteiger partial charge is 0.478 e. The number of carboxylic acid groups (broad SMARTS) is 1. The molecule has 2 aromatic rings. The van der Waals surface area contributed by atoms with E-state index in [4.69, 9.17) is 5.11 Å². The Morgan fingerprint density at radius 3 is 2.63 bits per heavy atom. The number of rotatable bonds is 3. The molecular weight excluding hydrogens is 256 g/mol. The lowest BCUT2D eigenvalue weighted by Gasteiger charge is -2.07. The molecule has 4 nitrogen and oxygen atoms in total. The summed E-state index contributed by atoms with van der Waals surface area (Å²) in [4.78, 5) is 22.3. The highest BCUT2D eigenvalue weighted by Gasteiger charge is 2.09. The van der Waals surface area contributed by atoms with Crippen molar-refractivity contribution in [2.45, 2.75) is 6.54 Å². The number of aromatic carboxylic acids is 1. The third-order valence-corrected chi connectivity index (χ3v) is 2.58. The van der Waals surface area contributed by atoms with Gasteiger partial charge in [-0.3, -0.25) is 4.79 Å². The number of halogens is 2. The summed E-state index contributed by atoms with van der Waals surface area (Å²) >= 11 is 0. The van der Waals surface area contributed by atoms with Crippen LogP contribution in [-0.4, -0.2) is 15.6 Å². The quantitative estimate of drug-likeness (QED) is 0.921. The average molecular weight is 265 g/mol. The topological polar surface area (TPSA) is 59.3 Å². The first-order chi connectivity index (χ1) is 8.97. The summed E-state index contributed by atoms with van der Waals surface area (Å²) in [7, 11) is 0. The minimum Gasteiger partial charge on any atom is -0.478 e. The van der Waals surface area contributed by atoms with E-state index in [9.17, 15) is 18.4 Å². The molecule has 0 saturated heterocycles. The lowest BCUT2D eigenvalue weighted by molar-refractivity contribution is 0.0696. The molecule has 0 unspecified atom stereocenters. The number of pyridine rings is 1. The zero-order valence-electron chi connectivity index (χ0n) is 9.64. The highest BCUT2D eigenvalue weighted by molar-refractivity contribution is 5.87. The van der Waals surface area contributed by atoms with E-state index >= 15 is 0 Å². The second-order valence-corrected chi connectivity index (χ2v) is 3.92. The van der Waals surface area contributed by atoms with Gasteiger partial charge in [-0.15, -0.1) is 0 Å². The minimum absolute atomic E-state index is 0.0235. The third kappa shape index (κ3) is 2.85. The summed E-state index contributed by atoms with van der Waals surface area (Å²) in [5.74, 6) is -2.48. The van der Waals surface area contributed by atoms with Crippen LogP contribution in [0.1, 0.15) is 15.9 Å². The van der Waals surface area contributed by atoms with E-state index in [0.717, 1.165) is 41.1 Å². The number of benzene rings is 1. The van der Waals surface area contributed by atoms with Gasteiger partial charge in [0.25, 0.3) is 5.56 Å². The molecule has 0 fully saturated rings. The number of carboxylic acids is 1. The van der Waals surface area contributed by atoms with Crippen molar-refractivity contribution in [2.75, 3.05) is 0 Å². The molecule has 6 heteroatoms. The van der Waals surface area contributed by atoms with Crippen molar-refractivity contribution in [2.24, 2.45) is 0 Å². The van der Waals surface area contributed by atoms with Gasteiger partial charge in [0.2, 0.25) is 0 Å². The van der Waals surface area contributed by atoms with Gasteiger partial charge in [0, 0.05) is 17.8 Å². The molecule has 0 saturated carbocycles. The van der Waals surface area contributed by atoms with Crippen LogP contribution in [0.4, 0.5) is 8.78 Å². The fourth-order valence-corrected chi connectivity index (χ4v) is 1.63. The second kappa shape index (κ2) is 5.01. The molecule has 98 valence electrons. The lowest BCUT2D eigenvalue weighted by Crippen LogP contribution is -2.21. The number of carbonyl (C=O) groups is 1. The average Bonchev–Trinajstić information content (AvgIpc) is 2.36. The molecular formula is C13H9F2NO3. The highest BCUT2D eigenvalue weighted by atomic mass is 19.1. The van der Waals surface area contributed by atoms with Gasteiger partial charge >= 0.3 is 5.97 Å². The van der Waals surface area contributed by atoms with E-state index in [0.29, 0.717) is 0 Å². The molecule has 0 bridgehead atoms. The van der Waals surface area contributed by atoms with Crippen LogP contribution < -0.4 is 5.56 Å². The summed E-state index contributed by atoms with van der Waals surface area (Å²) in [6.07, 6.45) is 1.09. The molecule has 0 aliphatic carbocycles. The Balaban J connectivity index is 2.43. The van der Waals surface area contributed by atoms with Gasteiger partial charge in [-0.2, -0.15) is 0 Å². The van der Waals surface area contributed by atoms with Crippen molar-refractivity contribution in [1.82, 2.24) is 4.57 Å². The Hall–Kier alpha value is -2.50. The van der Waals surface area contributed by atoms with Gasteiger partial charge in [-0.25, -0.2) is 13.6 Å². The van der Waals surface area contributed by atoms with Gasteiger partial charge in [0.1, 0.15) is 11.6 Å². The Bertz CT molecular complexity index is 695. The summed E-state index contributed by atoms with van der Waals surface area (Å²) in [5, 5.41) is 8.82. The number of nitrogens with zero attached hydrogens (tertiary/aromatic N) is 1. The van der Waals surface area contributed by atoms with Crippen molar-refractivity contribution in [3.8, 4) is 0 Å². The van der Waals surface area contributed by atoms with Crippen molar-refractivity contribution >= 4 is 5.97 Å². The molecule has 2 rings (SSSR count). The number of hydrogen-bond acceptors (Lipinski definition) is 2. The standard InChI is InChI=1S/C13H9F2NO3/c14-10-2-3-11(15)9(5-10)7-16-6-8(13(18)19)1-4-12(16)17/h1-6H,7H2,(H,18,19). The van der Waals surface area contributed by atoms with Gasteiger partial charge in [0.05, 0.1) is 12.1 Å². The van der Waals surface area contributed by atoms with Crippen LogP contribution >= 0.6 is 0 Å². The summed E-state index contributed by atoms with van der Waals surface area (Å²) < 4.78 is 27.5. The molecule has 1 aromatic carbocycles. The fourth-order valence-electron chi connectivity index (χ4n) is 1.63. The molecule has 1 heterocycles. The monoisotopic (exact) mass is 265 g/mol. The molecule has 0 amide bonds. The van der Waals surface area contributed by atoms with E-state index in [2.05, 4.69) is 0 Å². The van der Waals surface area contributed by atoms with E-state index in [1.54, 1.807) is 0 Å². The van der Waals surface area contributed by atoms with Crippen LogP contribution in [0, 0.1) is 11.6 Å². The molecule has 1 N–H and O–H groups in total. The molecule has 0 spiro atoms. The third-order valence-electron chi connectivity index (χ3n) is 2.58. The van der Waals surface area contributed by atoms with Gasteiger partial charge < -0.3 is 9.67 Å². The lowest BCUT2D eigenvalue weighted by atomic mass is 10.2. The molecule has 0 atom stereocenters. The predicted octanol–water partition coefficient (Wildman–Crippen LogP) is 1.87. The molecule has 0 radical (unpaired) electrons. The van der Waals surface area contributed by atoms with Crippen molar-refractivity contribution in [3.63, 3.8) is 0 Å². The van der Waals surface area contributed by atoms with Gasteiger partial charge in [0.15, 0.2) is 0 Å². The van der Waals surface area contributed by atoms with E-state index < -0.39 is 23.2 Å². The van der Waals surface area contributed by atoms with Crippen LogP contribution in [0.15, 0.2) is 41.3 Å². The Morgan fingerprint density at radius 1 is 1.21 bits per heavy atom. The van der Waals surface area contributed by atoms with Crippen LogP contribution in [0.25, 0.3) is 0 Å². The minimum atomic E-state index is -1.20. The van der Waals surface area contributed by atoms with Crippen molar-refractivity contribution in [1.29, 1.82) is 0 Å². The molecule has 19 heavy (non-hydrogen) atoms. The summed E-state index contributed by atoms with van der Waals surface area (Å²) in [6, 6.07) is 5.12. The first-order valence-electron chi connectivity index (χ1n) is 5.35. The Labute approximate surface area is 106 Å². The number of aromatic nitrogens is 1. The summed E-state index contributed by atoms with van der Waals surface area (Å²) in [5.41, 5.74) is -0.616. The molecule has 0 aliphatic rings. The summed E-state index contributed by atoms with van der Waals surface area (Å²) in [6.45, 7) is -0.233. The maximum atomic E-state index is 13.4. The van der Waals surface area contributed by atoms with Crippen LogP contribution in [0.2, 0.25) is 0 Å². The Kier molecular flexibility index (Phi) is 3.41. The van der Waals surface area contributed by atoms with Crippen LogP contribution in [0.5, 0.6) is 0 Å². The van der Waals surface area contributed by atoms with E-state index in [1.807, 2.05) is 0 Å². The maximum Gasteiger partial charge on any atom is 0.337 e. The Morgan fingerprint density at radius 2 is 1.95 bits per heavy atom. The molecule has 0 aliphatic heterocycles. The maximum absolute atomic E-state index is 13.4. The highest BCUT2D eigenvalue weighted by Crippen LogP contribution is 2.11. The van der Waals surface area contributed by atoms with E-state index in [-0.39, 0.29) is 17.7 Å². The van der Waals surface area contributed by atoms with E-state index in [1.165, 1.54) is 0 Å². The fraction of sp³-hybridized carbons (Fsp3) is 0.0769. The van der Waals surface area contributed by atoms with Gasteiger partial charge in [-0.05, 0) is 24.3 Å². The smallest absolute Gasteiger partial charge is 0.337 e.